The first-order valence-corrected chi connectivity index (χ1v) is 8.67. The van der Waals surface area contributed by atoms with Crippen molar-refractivity contribution in [2.75, 3.05) is 12.4 Å². The molecule has 2 amide bonds. The van der Waals surface area contributed by atoms with Crippen molar-refractivity contribution in [3.63, 3.8) is 0 Å². The topological polar surface area (TPSA) is 80.3 Å². The molecule has 0 fully saturated rings. The summed E-state index contributed by atoms with van der Waals surface area (Å²) in [4.78, 5) is 27.8. The molecule has 0 radical (unpaired) electrons. The Labute approximate surface area is 145 Å². The van der Waals surface area contributed by atoms with Gasteiger partial charge in [-0.25, -0.2) is 14.6 Å². The molecule has 0 bridgehead atoms. The van der Waals surface area contributed by atoms with Gasteiger partial charge >= 0.3 is 12.0 Å². The van der Waals surface area contributed by atoms with E-state index >= 15 is 0 Å². The minimum absolute atomic E-state index is 0.162. The van der Waals surface area contributed by atoms with E-state index in [0.29, 0.717) is 10.7 Å². The lowest BCUT2D eigenvalue weighted by Gasteiger charge is -2.14. The molecule has 2 rings (SSSR count). The number of nitrogens with zero attached hydrogens (tertiary/aromatic N) is 1. The van der Waals surface area contributed by atoms with E-state index < -0.39 is 0 Å². The van der Waals surface area contributed by atoms with Gasteiger partial charge in [0.25, 0.3) is 0 Å². The highest BCUT2D eigenvalue weighted by Gasteiger charge is 2.11. The highest BCUT2D eigenvalue weighted by atomic mass is 32.1. The van der Waals surface area contributed by atoms with Gasteiger partial charge < -0.3 is 10.1 Å². The molecule has 0 unspecified atom stereocenters. The Morgan fingerprint density at radius 2 is 1.88 bits per heavy atom. The van der Waals surface area contributed by atoms with Crippen LogP contribution >= 0.6 is 11.3 Å². The van der Waals surface area contributed by atoms with Crippen LogP contribution < -0.4 is 10.6 Å². The van der Waals surface area contributed by atoms with E-state index in [0.717, 1.165) is 24.1 Å². The maximum absolute atomic E-state index is 11.9. The van der Waals surface area contributed by atoms with Crippen molar-refractivity contribution in [1.82, 2.24) is 10.3 Å². The van der Waals surface area contributed by atoms with Crippen LogP contribution in [0.2, 0.25) is 0 Å². The smallest absolute Gasteiger partial charge is 0.337 e. The summed E-state index contributed by atoms with van der Waals surface area (Å²) in [7, 11) is 1.35. The van der Waals surface area contributed by atoms with E-state index in [1.807, 2.05) is 19.2 Å². The number of rotatable bonds is 6. The number of aromatic nitrogens is 1. The Bertz CT molecular complexity index is 693. The number of thiazole rings is 1. The number of ether oxygens (including phenoxy) is 1. The van der Waals surface area contributed by atoms with E-state index in [1.165, 1.54) is 18.4 Å². The first kappa shape index (κ1) is 17.9. The Balaban J connectivity index is 2.02. The SMILES string of the molecule is CCC(CC)NC(=O)Nc1nc(-c2ccc(C(=O)OC)cc2)cs1. The highest BCUT2D eigenvalue weighted by Crippen LogP contribution is 2.25. The fraction of sp³-hybridized carbons (Fsp3) is 0.353. The Morgan fingerprint density at radius 1 is 1.21 bits per heavy atom. The van der Waals surface area contributed by atoms with Crippen LogP contribution in [0.5, 0.6) is 0 Å². The van der Waals surface area contributed by atoms with Gasteiger partial charge in [-0.1, -0.05) is 26.0 Å². The van der Waals surface area contributed by atoms with E-state index in [-0.39, 0.29) is 18.0 Å². The van der Waals surface area contributed by atoms with Crippen molar-refractivity contribution in [3.8, 4) is 11.3 Å². The van der Waals surface area contributed by atoms with Gasteiger partial charge in [-0.15, -0.1) is 11.3 Å². The number of nitrogens with one attached hydrogen (secondary N) is 2. The minimum atomic E-state index is -0.375. The molecule has 0 aliphatic heterocycles. The fourth-order valence-electron chi connectivity index (χ4n) is 2.17. The van der Waals surface area contributed by atoms with Crippen molar-refractivity contribution in [3.05, 3.63) is 35.2 Å². The number of amides is 2. The van der Waals surface area contributed by atoms with E-state index in [9.17, 15) is 9.59 Å². The largest absolute Gasteiger partial charge is 0.465 e. The van der Waals surface area contributed by atoms with Gasteiger partial charge in [0.2, 0.25) is 0 Å². The molecule has 1 aromatic heterocycles. The zero-order valence-corrected chi connectivity index (χ0v) is 14.8. The summed E-state index contributed by atoms with van der Waals surface area (Å²) in [5, 5.41) is 8.05. The predicted octanol–water partition coefficient (Wildman–Crippen LogP) is 3.91. The van der Waals surface area contributed by atoms with Crippen molar-refractivity contribution >= 4 is 28.5 Å². The van der Waals surface area contributed by atoms with E-state index in [1.54, 1.807) is 24.3 Å². The van der Waals surface area contributed by atoms with Crippen LogP contribution in [0.15, 0.2) is 29.6 Å². The second-order valence-electron chi connectivity index (χ2n) is 5.22. The molecule has 0 aliphatic carbocycles. The molecule has 6 nitrogen and oxygen atoms in total. The molecule has 0 saturated carbocycles. The second kappa shape index (κ2) is 8.44. The number of urea groups is 1. The summed E-state index contributed by atoms with van der Waals surface area (Å²) in [6.07, 6.45) is 1.78. The summed E-state index contributed by atoms with van der Waals surface area (Å²) < 4.78 is 4.67. The summed E-state index contributed by atoms with van der Waals surface area (Å²) in [6.45, 7) is 4.07. The van der Waals surface area contributed by atoms with Crippen molar-refractivity contribution in [2.45, 2.75) is 32.7 Å². The van der Waals surface area contributed by atoms with E-state index in [2.05, 4.69) is 20.4 Å². The first-order chi connectivity index (χ1) is 11.6. The van der Waals surface area contributed by atoms with Gasteiger partial charge in [0.1, 0.15) is 0 Å². The van der Waals surface area contributed by atoms with Crippen LogP contribution in [-0.2, 0) is 4.74 Å². The van der Waals surface area contributed by atoms with Gasteiger partial charge in [0, 0.05) is 17.0 Å². The molecule has 128 valence electrons. The highest BCUT2D eigenvalue weighted by molar-refractivity contribution is 7.14. The maximum atomic E-state index is 11.9. The Morgan fingerprint density at radius 3 is 2.46 bits per heavy atom. The third-order valence-corrected chi connectivity index (χ3v) is 4.40. The standard InChI is InChI=1S/C17H21N3O3S/c1-4-13(5-2)18-16(22)20-17-19-14(10-24-17)11-6-8-12(9-7-11)15(21)23-3/h6-10,13H,4-5H2,1-3H3,(H2,18,19,20,22). The summed E-state index contributed by atoms with van der Waals surface area (Å²) in [5.74, 6) is -0.375. The number of esters is 1. The summed E-state index contributed by atoms with van der Waals surface area (Å²) >= 11 is 1.36. The molecule has 2 N–H and O–H groups in total. The van der Waals surface area contributed by atoms with Gasteiger partial charge in [-0.2, -0.15) is 0 Å². The number of carbonyl (C=O) groups is 2. The fourth-order valence-corrected chi connectivity index (χ4v) is 2.88. The molecule has 1 heterocycles. The molecular weight excluding hydrogens is 326 g/mol. The molecule has 0 aliphatic rings. The normalized spacial score (nSPS) is 10.5. The zero-order chi connectivity index (χ0) is 17.5. The third-order valence-electron chi connectivity index (χ3n) is 3.65. The quantitative estimate of drug-likeness (QED) is 0.777. The predicted molar refractivity (Wildman–Crippen MR) is 95.4 cm³/mol. The van der Waals surface area contributed by atoms with Gasteiger partial charge in [-0.05, 0) is 25.0 Å². The molecule has 0 spiro atoms. The average Bonchev–Trinajstić information content (AvgIpc) is 3.07. The van der Waals surface area contributed by atoms with Crippen LogP contribution in [-0.4, -0.2) is 30.1 Å². The van der Waals surface area contributed by atoms with Crippen molar-refractivity contribution < 1.29 is 14.3 Å². The third kappa shape index (κ3) is 4.55. The van der Waals surface area contributed by atoms with Crippen LogP contribution in [0.25, 0.3) is 11.3 Å². The van der Waals surface area contributed by atoms with Crippen molar-refractivity contribution in [2.24, 2.45) is 0 Å². The Kier molecular flexibility index (Phi) is 6.31. The number of anilines is 1. The first-order valence-electron chi connectivity index (χ1n) is 7.79. The molecule has 24 heavy (non-hydrogen) atoms. The average molecular weight is 347 g/mol. The lowest BCUT2D eigenvalue weighted by molar-refractivity contribution is 0.0600. The molecule has 7 heteroatoms. The number of hydrogen-bond donors (Lipinski definition) is 2. The maximum Gasteiger partial charge on any atom is 0.337 e. The molecule has 2 aromatic rings. The Hall–Kier alpha value is -2.41. The minimum Gasteiger partial charge on any atom is -0.465 e. The molecule has 0 atom stereocenters. The summed E-state index contributed by atoms with van der Waals surface area (Å²) in [5.41, 5.74) is 2.10. The van der Waals surface area contributed by atoms with Gasteiger partial charge in [0.15, 0.2) is 5.13 Å². The zero-order valence-electron chi connectivity index (χ0n) is 14.0. The lowest BCUT2D eigenvalue weighted by atomic mass is 10.1. The number of methoxy groups -OCH3 is 1. The van der Waals surface area contributed by atoms with Crippen LogP contribution in [0.3, 0.4) is 0 Å². The number of benzene rings is 1. The van der Waals surface area contributed by atoms with Gasteiger partial charge in [-0.3, -0.25) is 5.32 Å². The molecular formula is C17H21N3O3S. The molecule has 1 aromatic carbocycles. The number of hydrogen-bond acceptors (Lipinski definition) is 5. The van der Waals surface area contributed by atoms with Gasteiger partial charge in [0.05, 0.1) is 18.4 Å². The number of carbonyl (C=O) groups excluding carboxylic acids is 2. The van der Waals surface area contributed by atoms with E-state index in [4.69, 9.17) is 0 Å². The lowest BCUT2D eigenvalue weighted by Crippen LogP contribution is -2.37. The second-order valence-corrected chi connectivity index (χ2v) is 6.08. The van der Waals surface area contributed by atoms with Crippen LogP contribution in [0, 0.1) is 0 Å². The molecule has 0 saturated heterocycles. The van der Waals surface area contributed by atoms with Crippen LogP contribution in [0.4, 0.5) is 9.93 Å². The van der Waals surface area contributed by atoms with Crippen LogP contribution in [0.1, 0.15) is 37.0 Å². The summed E-state index contributed by atoms with van der Waals surface area (Å²) in [6, 6.07) is 6.90. The monoisotopic (exact) mass is 347 g/mol. The van der Waals surface area contributed by atoms with Crippen molar-refractivity contribution in [1.29, 1.82) is 0 Å².